The third-order valence-corrected chi connectivity index (χ3v) is 7.54. The summed E-state index contributed by atoms with van der Waals surface area (Å²) in [6.07, 6.45) is 2.76. The van der Waals surface area contributed by atoms with Gasteiger partial charge < -0.3 is 5.32 Å². The SMILES string of the molecule is CN(C)S(=O)(=O)N(CC(=O)Nc1ccc(S(=O)(=O)Nc2ncccn2)cc1)c1ccccc1F. The Bertz CT molecular complexity index is 1370. The van der Waals surface area contributed by atoms with Gasteiger partial charge in [-0.05, 0) is 42.5 Å². The Morgan fingerprint density at radius 1 is 0.941 bits per heavy atom. The lowest BCUT2D eigenvalue weighted by Gasteiger charge is -2.27. The van der Waals surface area contributed by atoms with Crippen LogP contribution in [0.3, 0.4) is 0 Å². The van der Waals surface area contributed by atoms with E-state index in [9.17, 15) is 26.0 Å². The lowest BCUT2D eigenvalue weighted by molar-refractivity contribution is -0.114. The number of hydrogen-bond acceptors (Lipinski definition) is 7. The molecule has 0 saturated heterocycles. The molecule has 0 spiro atoms. The van der Waals surface area contributed by atoms with Gasteiger partial charge in [0, 0.05) is 32.2 Å². The standard InChI is InChI=1S/C20H21FN6O5S2/c1-26(2)34(31,32)27(18-7-4-3-6-17(18)21)14-19(28)24-15-8-10-16(11-9-15)33(29,30)25-20-22-12-5-13-23-20/h3-13H,14H2,1-2H3,(H,24,28)(H,22,23,25). The molecule has 0 atom stereocenters. The van der Waals surface area contributed by atoms with Crippen molar-refractivity contribution in [2.75, 3.05) is 35.0 Å². The van der Waals surface area contributed by atoms with Gasteiger partial charge in [-0.1, -0.05) is 12.1 Å². The number of nitrogens with one attached hydrogen (secondary N) is 2. The number of para-hydroxylation sites is 1. The zero-order valence-electron chi connectivity index (χ0n) is 18.1. The minimum absolute atomic E-state index is 0.102. The molecule has 14 heteroatoms. The first-order valence-electron chi connectivity index (χ1n) is 9.65. The predicted molar refractivity (Wildman–Crippen MR) is 124 cm³/mol. The van der Waals surface area contributed by atoms with Gasteiger partial charge in [0.15, 0.2) is 0 Å². The van der Waals surface area contributed by atoms with Crippen molar-refractivity contribution in [1.82, 2.24) is 14.3 Å². The molecule has 1 heterocycles. The van der Waals surface area contributed by atoms with Crippen LogP contribution >= 0.6 is 0 Å². The molecule has 0 saturated carbocycles. The highest BCUT2D eigenvalue weighted by molar-refractivity contribution is 7.92. The molecule has 0 unspecified atom stereocenters. The highest BCUT2D eigenvalue weighted by Gasteiger charge is 2.29. The van der Waals surface area contributed by atoms with Gasteiger partial charge in [-0.3, -0.25) is 4.79 Å². The number of nitrogens with zero attached hydrogens (tertiary/aromatic N) is 4. The van der Waals surface area contributed by atoms with Crippen LogP contribution in [0.5, 0.6) is 0 Å². The second kappa shape index (κ2) is 10.1. The smallest absolute Gasteiger partial charge is 0.304 e. The molecule has 2 aromatic carbocycles. The van der Waals surface area contributed by atoms with Gasteiger partial charge in [0.25, 0.3) is 10.0 Å². The Balaban J connectivity index is 1.76. The van der Waals surface area contributed by atoms with Crippen LogP contribution in [0, 0.1) is 5.82 Å². The number of sulfonamides is 1. The average molecular weight is 509 g/mol. The Morgan fingerprint density at radius 2 is 1.56 bits per heavy atom. The monoisotopic (exact) mass is 508 g/mol. The number of rotatable bonds is 9. The number of carbonyl (C=O) groups is 1. The fourth-order valence-corrected chi connectivity index (χ4v) is 4.75. The molecule has 3 aromatic rings. The van der Waals surface area contributed by atoms with Crippen LogP contribution < -0.4 is 14.3 Å². The first-order chi connectivity index (χ1) is 16.0. The van der Waals surface area contributed by atoms with Crippen molar-refractivity contribution in [3.05, 3.63) is 72.8 Å². The van der Waals surface area contributed by atoms with E-state index in [1.54, 1.807) is 0 Å². The minimum atomic E-state index is -4.19. The summed E-state index contributed by atoms with van der Waals surface area (Å²) in [5, 5.41) is 2.48. The summed E-state index contributed by atoms with van der Waals surface area (Å²) in [5.74, 6) is -1.68. The predicted octanol–water partition coefficient (Wildman–Crippen LogP) is 1.67. The van der Waals surface area contributed by atoms with Crippen molar-refractivity contribution in [3.8, 4) is 0 Å². The number of halogens is 1. The quantitative estimate of drug-likeness (QED) is 0.448. The zero-order chi connectivity index (χ0) is 24.9. The van der Waals surface area contributed by atoms with Gasteiger partial charge in [0.1, 0.15) is 12.4 Å². The molecular weight excluding hydrogens is 487 g/mol. The normalized spacial score (nSPS) is 11.8. The fraction of sp³-hybridized carbons (Fsp3) is 0.150. The number of hydrogen-bond donors (Lipinski definition) is 2. The van der Waals surface area contributed by atoms with E-state index in [0.29, 0.717) is 4.31 Å². The molecule has 0 radical (unpaired) electrons. The summed E-state index contributed by atoms with van der Waals surface area (Å²) >= 11 is 0. The highest BCUT2D eigenvalue weighted by atomic mass is 32.2. The maximum absolute atomic E-state index is 14.3. The van der Waals surface area contributed by atoms with Gasteiger partial charge in [0.2, 0.25) is 11.9 Å². The van der Waals surface area contributed by atoms with Crippen LogP contribution in [0.2, 0.25) is 0 Å². The third kappa shape index (κ3) is 5.84. The largest absolute Gasteiger partial charge is 0.325 e. The lowest BCUT2D eigenvalue weighted by atomic mass is 10.3. The molecule has 0 aliphatic heterocycles. The summed E-state index contributed by atoms with van der Waals surface area (Å²) in [6.45, 7) is -0.714. The molecular formula is C20H21FN6O5S2. The van der Waals surface area contributed by atoms with E-state index in [4.69, 9.17) is 0 Å². The first-order valence-corrected chi connectivity index (χ1v) is 12.5. The topological polar surface area (TPSA) is 142 Å². The Kier molecular flexibility index (Phi) is 7.44. The Labute approximate surface area is 196 Å². The van der Waals surface area contributed by atoms with E-state index in [2.05, 4.69) is 20.0 Å². The molecule has 0 bridgehead atoms. The van der Waals surface area contributed by atoms with Crippen molar-refractivity contribution >= 4 is 43.5 Å². The van der Waals surface area contributed by atoms with Crippen LogP contribution in [0.1, 0.15) is 0 Å². The molecule has 2 N–H and O–H groups in total. The molecule has 0 aliphatic carbocycles. The van der Waals surface area contributed by atoms with E-state index in [1.165, 1.54) is 75.0 Å². The van der Waals surface area contributed by atoms with E-state index in [0.717, 1.165) is 10.4 Å². The average Bonchev–Trinajstić information content (AvgIpc) is 2.78. The van der Waals surface area contributed by atoms with Crippen molar-refractivity contribution in [3.63, 3.8) is 0 Å². The van der Waals surface area contributed by atoms with E-state index >= 15 is 0 Å². The van der Waals surface area contributed by atoms with Crippen molar-refractivity contribution in [2.45, 2.75) is 4.90 Å². The number of anilines is 3. The molecule has 3 rings (SSSR count). The Morgan fingerprint density at radius 3 is 2.15 bits per heavy atom. The summed E-state index contributed by atoms with van der Waals surface area (Å²) in [5.41, 5.74) is -0.0855. The van der Waals surface area contributed by atoms with E-state index in [-0.39, 0.29) is 22.2 Å². The third-order valence-electron chi connectivity index (χ3n) is 4.39. The van der Waals surface area contributed by atoms with Crippen molar-refractivity contribution in [1.29, 1.82) is 0 Å². The highest BCUT2D eigenvalue weighted by Crippen LogP contribution is 2.23. The van der Waals surface area contributed by atoms with Crippen molar-refractivity contribution in [2.24, 2.45) is 0 Å². The first kappa shape index (κ1) is 25.0. The molecule has 0 fully saturated rings. The molecule has 1 amide bonds. The van der Waals surface area contributed by atoms with Gasteiger partial charge >= 0.3 is 10.2 Å². The van der Waals surface area contributed by atoms with Gasteiger partial charge in [-0.25, -0.2) is 31.8 Å². The maximum Gasteiger partial charge on any atom is 0.304 e. The van der Waals surface area contributed by atoms with E-state index < -0.39 is 38.5 Å². The Hall–Kier alpha value is -3.62. The van der Waals surface area contributed by atoms with E-state index in [1.807, 2.05) is 0 Å². The second-order valence-electron chi connectivity index (χ2n) is 7.00. The molecule has 1 aromatic heterocycles. The number of amides is 1. The lowest BCUT2D eigenvalue weighted by Crippen LogP contribution is -2.44. The number of benzene rings is 2. The number of carbonyl (C=O) groups excluding carboxylic acids is 1. The molecule has 11 nitrogen and oxygen atoms in total. The van der Waals surface area contributed by atoms with Crippen molar-refractivity contribution < 1.29 is 26.0 Å². The van der Waals surface area contributed by atoms with Crippen LogP contribution in [0.4, 0.5) is 21.7 Å². The van der Waals surface area contributed by atoms with Crippen LogP contribution in [-0.4, -0.2) is 57.7 Å². The van der Waals surface area contributed by atoms with Gasteiger partial charge in [-0.2, -0.15) is 12.7 Å². The van der Waals surface area contributed by atoms with Crippen LogP contribution in [0.25, 0.3) is 0 Å². The molecule has 180 valence electrons. The maximum atomic E-state index is 14.3. The zero-order valence-corrected chi connectivity index (χ0v) is 19.7. The molecule has 34 heavy (non-hydrogen) atoms. The fourth-order valence-electron chi connectivity index (χ4n) is 2.72. The van der Waals surface area contributed by atoms with Gasteiger partial charge in [-0.15, -0.1) is 0 Å². The number of aromatic nitrogens is 2. The summed E-state index contributed by atoms with van der Waals surface area (Å²) < 4.78 is 68.3. The summed E-state index contributed by atoms with van der Waals surface area (Å²) in [6, 6.07) is 11.8. The summed E-state index contributed by atoms with van der Waals surface area (Å²) in [4.78, 5) is 20.1. The molecule has 0 aliphatic rings. The summed E-state index contributed by atoms with van der Waals surface area (Å²) in [7, 11) is -5.64. The van der Waals surface area contributed by atoms with Crippen LogP contribution in [0.15, 0.2) is 71.9 Å². The van der Waals surface area contributed by atoms with Crippen LogP contribution in [-0.2, 0) is 25.0 Å². The minimum Gasteiger partial charge on any atom is -0.325 e. The second-order valence-corrected chi connectivity index (χ2v) is 10.7. The van der Waals surface area contributed by atoms with Gasteiger partial charge in [0.05, 0.1) is 10.6 Å².